The molecular weight excluding hydrogens is 294 g/mol. The number of nitrogens with zero attached hydrogens (tertiary/aromatic N) is 3. The van der Waals surface area contributed by atoms with Crippen LogP contribution in [-0.2, 0) is 12.8 Å². The minimum atomic E-state index is 0.941. The number of pyridine rings is 2. The fourth-order valence-corrected chi connectivity index (χ4v) is 2.79. The van der Waals surface area contributed by atoms with Crippen molar-refractivity contribution in [1.29, 1.82) is 0 Å². The third kappa shape index (κ3) is 4.66. The molecule has 0 aliphatic heterocycles. The number of rotatable bonds is 7. The molecule has 0 aliphatic carbocycles. The summed E-state index contributed by atoms with van der Waals surface area (Å²) < 4.78 is 0. The first kappa shape index (κ1) is 16.2. The van der Waals surface area contributed by atoms with Crippen molar-refractivity contribution in [2.45, 2.75) is 19.8 Å². The molecule has 1 aromatic carbocycles. The van der Waals surface area contributed by atoms with Gasteiger partial charge in [0, 0.05) is 55.4 Å². The van der Waals surface area contributed by atoms with E-state index in [1.165, 1.54) is 11.3 Å². The molecule has 0 N–H and O–H groups in total. The van der Waals surface area contributed by atoms with Gasteiger partial charge in [-0.3, -0.25) is 9.97 Å². The largest absolute Gasteiger partial charge is 0.371 e. The topological polar surface area (TPSA) is 29.0 Å². The highest BCUT2D eigenvalue weighted by Crippen LogP contribution is 2.17. The fourth-order valence-electron chi connectivity index (χ4n) is 2.79. The van der Waals surface area contributed by atoms with Crippen LogP contribution in [0.4, 0.5) is 5.69 Å². The molecule has 0 atom stereocenters. The van der Waals surface area contributed by atoms with E-state index in [4.69, 9.17) is 0 Å². The molecule has 3 heteroatoms. The van der Waals surface area contributed by atoms with Gasteiger partial charge in [0.2, 0.25) is 0 Å². The van der Waals surface area contributed by atoms with Crippen molar-refractivity contribution in [3.63, 3.8) is 0 Å². The molecule has 0 fully saturated rings. The molecular formula is C21H23N3. The number of aromatic nitrogens is 2. The van der Waals surface area contributed by atoms with Crippen LogP contribution in [0.15, 0.2) is 73.1 Å². The van der Waals surface area contributed by atoms with E-state index in [0.717, 1.165) is 37.3 Å². The first-order chi connectivity index (χ1) is 11.8. The van der Waals surface area contributed by atoms with Crippen LogP contribution in [0.5, 0.6) is 0 Å². The Morgan fingerprint density at radius 2 is 1.38 bits per heavy atom. The minimum absolute atomic E-state index is 0.941. The lowest BCUT2D eigenvalue weighted by Gasteiger charge is -2.25. The van der Waals surface area contributed by atoms with Crippen molar-refractivity contribution in [3.8, 4) is 0 Å². The molecule has 2 heterocycles. The summed E-state index contributed by atoms with van der Waals surface area (Å²) in [7, 11) is 0. The number of benzene rings is 1. The van der Waals surface area contributed by atoms with Gasteiger partial charge in [-0.05, 0) is 48.9 Å². The van der Waals surface area contributed by atoms with Crippen LogP contribution in [0.3, 0.4) is 0 Å². The van der Waals surface area contributed by atoms with Crippen molar-refractivity contribution in [3.05, 3.63) is 90.0 Å². The van der Waals surface area contributed by atoms with E-state index in [1.807, 2.05) is 36.7 Å². The zero-order valence-corrected chi connectivity index (χ0v) is 14.1. The van der Waals surface area contributed by atoms with Crippen LogP contribution in [0.1, 0.15) is 17.0 Å². The van der Waals surface area contributed by atoms with E-state index < -0.39 is 0 Å². The average Bonchev–Trinajstić information content (AvgIpc) is 2.63. The van der Waals surface area contributed by atoms with Crippen LogP contribution in [-0.4, -0.2) is 23.1 Å². The maximum absolute atomic E-state index is 4.44. The highest BCUT2D eigenvalue weighted by Gasteiger charge is 2.08. The smallest absolute Gasteiger partial charge is 0.0421 e. The first-order valence-electron chi connectivity index (χ1n) is 8.43. The van der Waals surface area contributed by atoms with E-state index >= 15 is 0 Å². The lowest BCUT2D eigenvalue weighted by atomic mass is 10.1. The predicted molar refractivity (Wildman–Crippen MR) is 99.3 cm³/mol. The van der Waals surface area contributed by atoms with E-state index in [-0.39, 0.29) is 0 Å². The lowest BCUT2D eigenvalue weighted by Crippen LogP contribution is -2.28. The van der Waals surface area contributed by atoms with Gasteiger partial charge in [0.15, 0.2) is 0 Å². The molecule has 3 nitrogen and oxygen atoms in total. The fraction of sp³-hybridized carbons (Fsp3) is 0.238. The van der Waals surface area contributed by atoms with Gasteiger partial charge in [0.1, 0.15) is 0 Å². The third-order valence-electron chi connectivity index (χ3n) is 4.09. The second-order valence-corrected chi connectivity index (χ2v) is 5.97. The van der Waals surface area contributed by atoms with Gasteiger partial charge in [0.05, 0.1) is 0 Å². The summed E-state index contributed by atoms with van der Waals surface area (Å²) in [6, 6.07) is 20.9. The van der Waals surface area contributed by atoms with E-state index in [0.29, 0.717) is 0 Å². The number of anilines is 1. The first-order valence-corrected chi connectivity index (χ1v) is 8.43. The Morgan fingerprint density at radius 3 is 1.88 bits per heavy atom. The second-order valence-electron chi connectivity index (χ2n) is 5.97. The summed E-state index contributed by atoms with van der Waals surface area (Å²) >= 11 is 0. The van der Waals surface area contributed by atoms with Crippen molar-refractivity contribution in [2.75, 3.05) is 18.0 Å². The molecule has 0 saturated heterocycles. The molecule has 122 valence electrons. The molecule has 0 spiro atoms. The molecule has 0 radical (unpaired) electrons. The monoisotopic (exact) mass is 317 g/mol. The Morgan fingerprint density at radius 1 is 0.750 bits per heavy atom. The normalized spacial score (nSPS) is 10.5. The molecule has 0 amide bonds. The quantitative estimate of drug-likeness (QED) is 0.657. The summed E-state index contributed by atoms with van der Waals surface area (Å²) in [5, 5.41) is 0. The van der Waals surface area contributed by atoms with Crippen LogP contribution < -0.4 is 4.90 Å². The summed E-state index contributed by atoms with van der Waals surface area (Å²) in [6.07, 6.45) is 5.61. The van der Waals surface area contributed by atoms with Gasteiger partial charge in [-0.15, -0.1) is 0 Å². The molecule has 0 aliphatic rings. The Labute approximate surface area is 144 Å². The zero-order chi connectivity index (χ0) is 16.6. The lowest BCUT2D eigenvalue weighted by molar-refractivity contribution is 0.751. The van der Waals surface area contributed by atoms with Crippen molar-refractivity contribution in [1.82, 2.24) is 9.97 Å². The Hall–Kier alpha value is -2.68. The molecule has 0 unspecified atom stereocenters. The van der Waals surface area contributed by atoms with Crippen LogP contribution in [0, 0.1) is 6.92 Å². The van der Waals surface area contributed by atoms with Gasteiger partial charge in [-0.25, -0.2) is 0 Å². The third-order valence-corrected chi connectivity index (χ3v) is 4.09. The minimum Gasteiger partial charge on any atom is -0.371 e. The van der Waals surface area contributed by atoms with Gasteiger partial charge in [-0.2, -0.15) is 0 Å². The maximum atomic E-state index is 4.44. The van der Waals surface area contributed by atoms with E-state index in [1.54, 1.807) is 0 Å². The molecule has 24 heavy (non-hydrogen) atoms. The molecule has 3 aromatic rings. The summed E-state index contributed by atoms with van der Waals surface area (Å²) in [4.78, 5) is 11.3. The Balaban J connectivity index is 1.70. The van der Waals surface area contributed by atoms with Crippen LogP contribution in [0.2, 0.25) is 0 Å². The van der Waals surface area contributed by atoms with Crippen molar-refractivity contribution >= 4 is 5.69 Å². The van der Waals surface area contributed by atoms with Gasteiger partial charge >= 0.3 is 0 Å². The maximum Gasteiger partial charge on any atom is 0.0421 e. The van der Waals surface area contributed by atoms with Crippen molar-refractivity contribution in [2.24, 2.45) is 0 Å². The highest BCUT2D eigenvalue weighted by molar-refractivity contribution is 5.48. The van der Waals surface area contributed by atoms with Crippen molar-refractivity contribution < 1.29 is 0 Å². The van der Waals surface area contributed by atoms with Gasteiger partial charge in [0.25, 0.3) is 0 Å². The number of aryl methyl sites for hydroxylation is 1. The van der Waals surface area contributed by atoms with E-state index in [9.17, 15) is 0 Å². The van der Waals surface area contributed by atoms with Crippen LogP contribution in [0.25, 0.3) is 0 Å². The average molecular weight is 317 g/mol. The Bertz CT molecular complexity index is 698. The summed E-state index contributed by atoms with van der Waals surface area (Å²) in [5.74, 6) is 0. The molecule has 3 rings (SSSR count). The van der Waals surface area contributed by atoms with Gasteiger partial charge in [-0.1, -0.05) is 24.3 Å². The Kier molecular flexibility index (Phi) is 5.56. The molecule has 0 saturated carbocycles. The molecule has 2 aromatic heterocycles. The zero-order valence-electron chi connectivity index (χ0n) is 14.1. The van der Waals surface area contributed by atoms with Crippen LogP contribution >= 0.6 is 0 Å². The predicted octanol–water partition coefficient (Wildman–Crippen LogP) is 4.08. The van der Waals surface area contributed by atoms with Gasteiger partial charge < -0.3 is 4.90 Å². The summed E-state index contributed by atoms with van der Waals surface area (Å²) in [6.45, 7) is 4.04. The second kappa shape index (κ2) is 8.25. The highest BCUT2D eigenvalue weighted by atomic mass is 15.1. The van der Waals surface area contributed by atoms with E-state index in [2.05, 4.69) is 58.2 Å². The summed E-state index contributed by atoms with van der Waals surface area (Å²) in [5.41, 5.74) is 4.82. The number of hydrogen-bond acceptors (Lipinski definition) is 3. The SMILES string of the molecule is Cc1cccc(N(CCc2ccccn2)CCc2ccccn2)c1. The molecule has 0 bridgehead atoms. The standard InChI is InChI=1S/C21H23N3/c1-18-7-6-10-21(17-18)24(15-11-19-8-2-4-13-22-19)16-12-20-9-3-5-14-23-20/h2-10,13-14,17H,11-12,15-16H2,1H3. The number of hydrogen-bond donors (Lipinski definition) is 0.